The lowest BCUT2D eigenvalue weighted by Gasteiger charge is -2.09. The molecule has 3 rings (SSSR count). The standard InChI is InChI=1S/C13H9N3O2S2/c1-7-15-16-13(19-7)20-11-6-9(12(17)18)8-4-2-3-5-10(8)14-11/h2-6H,1H3,(H,17,18)/p-1. The number of aryl methyl sites for hydroxylation is 1. The van der Waals surface area contributed by atoms with E-state index in [2.05, 4.69) is 15.2 Å². The zero-order chi connectivity index (χ0) is 14.1. The van der Waals surface area contributed by atoms with E-state index in [9.17, 15) is 9.90 Å². The molecule has 0 bridgehead atoms. The Kier molecular flexibility index (Phi) is 3.37. The second-order valence-electron chi connectivity index (χ2n) is 4.00. The van der Waals surface area contributed by atoms with Gasteiger partial charge < -0.3 is 9.90 Å². The number of aromatic carboxylic acids is 1. The molecule has 5 nitrogen and oxygen atoms in total. The fourth-order valence-electron chi connectivity index (χ4n) is 1.78. The number of carbonyl (C=O) groups is 1. The molecule has 0 aliphatic rings. The molecule has 20 heavy (non-hydrogen) atoms. The first-order valence-electron chi connectivity index (χ1n) is 5.72. The van der Waals surface area contributed by atoms with E-state index >= 15 is 0 Å². The molecule has 0 atom stereocenters. The van der Waals surface area contributed by atoms with Crippen LogP contribution in [-0.4, -0.2) is 21.2 Å². The molecule has 0 N–H and O–H groups in total. The fraction of sp³-hybridized carbons (Fsp3) is 0.0769. The second kappa shape index (κ2) is 5.18. The lowest BCUT2D eigenvalue weighted by molar-refractivity contribution is -0.254. The molecule has 0 unspecified atom stereocenters. The molecule has 2 heterocycles. The summed E-state index contributed by atoms with van der Waals surface area (Å²) in [5, 5.41) is 21.2. The Labute approximate surface area is 122 Å². The lowest BCUT2D eigenvalue weighted by atomic mass is 10.1. The molecule has 0 radical (unpaired) electrons. The molecule has 0 saturated carbocycles. The Balaban J connectivity index is 2.10. The summed E-state index contributed by atoms with van der Waals surface area (Å²) < 4.78 is 0.731. The summed E-state index contributed by atoms with van der Waals surface area (Å²) in [5.41, 5.74) is 0.761. The minimum atomic E-state index is -1.21. The van der Waals surface area contributed by atoms with Gasteiger partial charge in [-0.05, 0) is 30.8 Å². The molecular weight excluding hydrogens is 294 g/mol. The first-order chi connectivity index (χ1) is 9.63. The van der Waals surface area contributed by atoms with Gasteiger partial charge in [-0.25, -0.2) is 4.98 Å². The number of para-hydroxylation sites is 1. The number of benzene rings is 1. The number of rotatable bonds is 3. The van der Waals surface area contributed by atoms with E-state index < -0.39 is 5.97 Å². The molecule has 0 aliphatic heterocycles. The summed E-state index contributed by atoms with van der Waals surface area (Å²) in [4.78, 5) is 15.7. The van der Waals surface area contributed by atoms with Crippen LogP contribution in [0.15, 0.2) is 39.7 Å². The number of carboxylic acid groups (broad SMARTS) is 1. The number of fused-ring (bicyclic) bond motifs is 1. The number of pyridine rings is 1. The van der Waals surface area contributed by atoms with Gasteiger partial charge in [-0.1, -0.05) is 29.5 Å². The summed E-state index contributed by atoms with van der Waals surface area (Å²) in [7, 11) is 0. The highest BCUT2D eigenvalue weighted by molar-refractivity contribution is 8.01. The Bertz CT molecular complexity index is 801. The first kappa shape index (κ1) is 13.0. The van der Waals surface area contributed by atoms with Gasteiger partial charge >= 0.3 is 0 Å². The highest BCUT2D eigenvalue weighted by atomic mass is 32.2. The van der Waals surface area contributed by atoms with Crippen molar-refractivity contribution in [1.29, 1.82) is 0 Å². The van der Waals surface area contributed by atoms with Crippen molar-refractivity contribution in [2.24, 2.45) is 0 Å². The van der Waals surface area contributed by atoms with Crippen molar-refractivity contribution in [1.82, 2.24) is 15.2 Å². The van der Waals surface area contributed by atoms with Crippen LogP contribution in [0.3, 0.4) is 0 Å². The average molecular weight is 302 g/mol. The SMILES string of the molecule is Cc1nnc(Sc2cc(C(=O)[O-])c3ccccc3n2)s1. The van der Waals surface area contributed by atoms with Crippen LogP contribution in [0.4, 0.5) is 0 Å². The molecule has 1 aromatic carbocycles. The zero-order valence-corrected chi connectivity index (χ0v) is 12.0. The monoisotopic (exact) mass is 302 g/mol. The first-order valence-corrected chi connectivity index (χ1v) is 7.36. The van der Waals surface area contributed by atoms with Crippen LogP contribution in [0.25, 0.3) is 10.9 Å². The van der Waals surface area contributed by atoms with Gasteiger partial charge in [-0.3, -0.25) is 0 Å². The smallest absolute Gasteiger partial charge is 0.180 e. The van der Waals surface area contributed by atoms with Crippen LogP contribution >= 0.6 is 23.1 Å². The lowest BCUT2D eigenvalue weighted by Crippen LogP contribution is -2.22. The van der Waals surface area contributed by atoms with Crippen molar-refractivity contribution in [3.63, 3.8) is 0 Å². The molecule has 3 aromatic rings. The topological polar surface area (TPSA) is 78.8 Å². The number of aromatic nitrogens is 3. The number of carbonyl (C=O) groups excluding carboxylic acids is 1. The maximum absolute atomic E-state index is 11.3. The van der Waals surface area contributed by atoms with Gasteiger partial charge in [0.2, 0.25) is 0 Å². The molecule has 0 aliphatic carbocycles. The third-order valence-corrected chi connectivity index (χ3v) is 4.42. The average Bonchev–Trinajstić information content (AvgIpc) is 2.83. The molecule has 100 valence electrons. The summed E-state index contributed by atoms with van der Waals surface area (Å²) >= 11 is 2.74. The van der Waals surface area contributed by atoms with Crippen LogP contribution < -0.4 is 5.11 Å². The van der Waals surface area contributed by atoms with Crippen LogP contribution in [0.1, 0.15) is 15.4 Å². The second-order valence-corrected chi connectivity index (χ2v) is 6.45. The van der Waals surface area contributed by atoms with Crippen LogP contribution in [0, 0.1) is 6.92 Å². The maximum Gasteiger partial charge on any atom is 0.180 e. The van der Waals surface area contributed by atoms with Crippen molar-refractivity contribution in [3.8, 4) is 0 Å². The molecule has 0 fully saturated rings. The van der Waals surface area contributed by atoms with Gasteiger partial charge in [0, 0.05) is 10.9 Å². The number of hydrogen-bond donors (Lipinski definition) is 0. The van der Waals surface area contributed by atoms with Crippen molar-refractivity contribution < 1.29 is 9.90 Å². The van der Waals surface area contributed by atoms with E-state index in [4.69, 9.17) is 0 Å². The van der Waals surface area contributed by atoms with Crippen molar-refractivity contribution >= 4 is 40.0 Å². The molecule has 0 amide bonds. The summed E-state index contributed by atoms with van der Waals surface area (Å²) in [6.45, 7) is 1.86. The third-order valence-electron chi connectivity index (χ3n) is 2.61. The van der Waals surface area contributed by atoms with Gasteiger partial charge in [-0.15, -0.1) is 10.2 Å². The molecule has 0 saturated heterocycles. The minimum absolute atomic E-state index is 0.138. The Morgan fingerprint density at radius 3 is 2.80 bits per heavy atom. The summed E-state index contributed by atoms with van der Waals surface area (Å²) in [5.74, 6) is -1.21. The van der Waals surface area contributed by atoms with Crippen molar-refractivity contribution in [2.75, 3.05) is 0 Å². The Morgan fingerprint density at radius 1 is 1.30 bits per heavy atom. The van der Waals surface area contributed by atoms with Crippen molar-refractivity contribution in [2.45, 2.75) is 16.3 Å². The summed E-state index contributed by atoms with van der Waals surface area (Å²) in [6.07, 6.45) is 0. The summed E-state index contributed by atoms with van der Waals surface area (Å²) in [6, 6.07) is 8.60. The van der Waals surface area contributed by atoms with E-state index in [1.165, 1.54) is 29.2 Å². The largest absolute Gasteiger partial charge is 0.545 e. The van der Waals surface area contributed by atoms with Gasteiger partial charge in [0.25, 0.3) is 0 Å². The highest BCUT2D eigenvalue weighted by Gasteiger charge is 2.10. The van der Waals surface area contributed by atoms with Crippen molar-refractivity contribution in [3.05, 3.63) is 40.9 Å². The normalized spacial score (nSPS) is 10.8. The van der Waals surface area contributed by atoms with Crippen LogP contribution in [-0.2, 0) is 0 Å². The van der Waals surface area contributed by atoms with Gasteiger partial charge in [0.1, 0.15) is 10.0 Å². The van der Waals surface area contributed by atoms with Crippen LogP contribution in [0.5, 0.6) is 0 Å². The molecule has 0 spiro atoms. The third kappa shape index (κ3) is 2.50. The van der Waals surface area contributed by atoms with E-state index in [-0.39, 0.29) is 5.56 Å². The quantitative estimate of drug-likeness (QED) is 0.735. The van der Waals surface area contributed by atoms with Crippen LogP contribution in [0.2, 0.25) is 0 Å². The molecule has 2 aromatic heterocycles. The Morgan fingerprint density at radius 2 is 2.10 bits per heavy atom. The maximum atomic E-state index is 11.3. The Hall–Kier alpha value is -1.99. The van der Waals surface area contributed by atoms with E-state index in [1.54, 1.807) is 18.2 Å². The number of carboxylic acids is 1. The predicted molar refractivity (Wildman–Crippen MR) is 74.8 cm³/mol. The number of hydrogen-bond acceptors (Lipinski definition) is 7. The minimum Gasteiger partial charge on any atom is -0.545 e. The fourth-order valence-corrected chi connectivity index (χ4v) is 3.56. The number of nitrogens with zero attached hydrogens (tertiary/aromatic N) is 3. The van der Waals surface area contributed by atoms with E-state index in [1.807, 2.05) is 13.0 Å². The zero-order valence-electron chi connectivity index (χ0n) is 10.4. The molecular formula is C13H8N3O2S2-. The molecule has 7 heteroatoms. The van der Waals surface area contributed by atoms with Gasteiger partial charge in [0.15, 0.2) is 4.34 Å². The highest BCUT2D eigenvalue weighted by Crippen LogP contribution is 2.31. The van der Waals surface area contributed by atoms with E-state index in [0.29, 0.717) is 15.9 Å². The van der Waals surface area contributed by atoms with E-state index in [0.717, 1.165) is 9.35 Å². The predicted octanol–water partition coefficient (Wildman–Crippen LogP) is 1.91. The van der Waals surface area contributed by atoms with Gasteiger partial charge in [-0.2, -0.15) is 0 Å². The van der Waals surface area contributed by atoms with Gasteiger partial charge in [0.05, 0.1) is 11.5 Å².